The van der Waals surface area contributed by atoms with Crippen LogP contribution >= 0.6 is 70.6 Å². The van der Waals surface area contributed by atoms with Gasteiger partial charge in [-0.05, 0) is 12.1 Å². The third kappa shape index (κ3) is 2.63. The second-order valence-corrected chi connectivity index (χ2v) is 13.9. The van der Waals surface area contributed by atoms with E-state index in [-0.39, 0.29) is 0 Å². The van der Waals surface area contributed by atoms with E-state index in [0.29, 0.717) is 9.16 Å². The summed E-state index contributed by atoms with van der Waals surface area (Å²) in [5, 5.41) is 2.46. The van der Waals surface area contributed by atoms with Gasteiger partial charge < -0.3 is 0 Å². The van der Waals surface area contributed by atoms with Crippen LogP contribution in [0.15, 0.2) is 54.9 Å². The van der Waals surface area contributed by atoms with Gasteiger partial charge in [-0.3, -0.25) is 9.97 Å². The summed E-state index contributed by atoms with van der Waals surface area (Å²) >= 11 is 12.3. The summed E-state index contributed by atoms with van der Waals surface area (Å²) in [6.07, 6.45) is 3.74. The zero-order chi connectivity index (χ0) is 17.1. The van der Waals surface area contributed by atoms with E-state index in [0.717, 1.165) is 11.0 Å². The quantitative estimate of drug-likeness (QED) is 0.350. The van der Waals surface area contributed by atoms with Crippen LogP contribution in [-0.2, 0) is 0 Å². The Morgan fingerprint density at radius 2 is 1.27 bits per heavy atom. The van der Waals surface area contributed by atoms with Crippen molar-refractivity contribution in [1.29, 1.82) is 0 Å². The molecule has 2 nitrogen and oxygen atoms in total. The predicted octanol–water partition coefficient (Wildman–Crippen LogP) is 6.72. The summed E-state index contributed by atoms with van der Waals surface area (Å²) in [6, 6.07) is 8.46. The molecule has 0 spiro atoms. The first-order valence-corrected chi connectivity index (χ1v) is 13.7. The van der Waals surface area contributed by atoms with E-state index in [2.05, 4.69) is 69.1 Å². The number of thioether (sulfide) groups is 6. The van der Waals surface area contributed by atoms with Crippen molar-refractivity contribution in [2.45, 2.75) is 19.0 Å². The molecule has 0 radical (unpaired) electrons. The largest absolute Gasteiger partial charge is 0.254 e. The third-order valence-corrected chi connectivity index (χ3v) is 14.4. The van der Waals surface area contributed by atoms with E-state index in [4.69, 9.17) is 0 Å². The van der Waals surface area contributed by atoms with E-state index < -0.39 is 0 Å². The minimum absolute atomic E-state index is 0.711. The summed E-state index contributed by atoms with van der Waals surface area (Å²) < 4.78 is 4.39. The van der Waals surface area contributed by atoms with Crippen molar-refractivity contribution in [2.24, 2.45) is 0 Å². The predicted molar refractivity (Wildman–Crippen MR) is 123 cm³/mol. The Bertz CT molecular complexity index is 999. The van der Waals surface area contributed by atoms with Crippen LogP contribution in [0.25, 0.3) is 21.8 Å². The number of hydrogen-bond acceptors (Lipinski definition) is 8. The van der Waals surface area contributed by atoms with Gasteiger partial charge in [0, 0.05) is 44.5 Å². The lowest BCUT2D eigenvalue weighted by Crippen LogP contribution is -2.14. The Hall–Kier alpha value is -0.120. The van der Waals surface area contributed by atoms with Crippen LogP contribution in [0.2, 0.25) is 0 Å². The van der Waals surface area contributed by atoms with E-state index in [9.17, 15) is 0 Å². The van der Waals surface area contributed by atoms with Gasteiger partial charge in [-0.2, -0.15) is 0 Å². The molecule has 1 aromatic carbocycles. The second-order valence-electron chi connectivity index (χ2n) is 5.95. The fraction of sp³-hybridized carbons (Fsp3) is 0.222. The van der Waals surface area contributed by atoms with Crippen LogP contribution in [0.4, 0.5) is 0 Å². The first-order valence-electron chi connectivity index (χ1n) is 8.20. The molecule has 6 rings (SSSR count). The molecule has 3 aromatic rings. The van der Waals surface area contributed by atoms with Crippen LogP contribution in [0.5, 0.6) is 0 Å². The highest BCUT2D eigenvalue weighted by molar-refractivity contribution is 8.39. The standard InChI is InChI=1S/C18H12N2S6/c1-3-9-11(19-5-1)12-10(4-2-6-20-12)14-13(9)23-17(24-14)18-25-15-16(26-18)22-8-7-21-15/h1-6,15-16H,7-8H2. The lowest BCUT2D eigenvalue weighted by molar-refractivity contribution is 1.30. The molecule has 0 aliphatic carbocycles. The molecule has 0 bridgehead atoms. The van der Waals surface area contributed by atoms with Gasteiger partial charge >= 0.3 is 0 Å². The number of hydrogen-bond donors (Lipinski definition) is 0. The van der Waals surface area contributed by atoms with E-state index in [1.807, 2.05) is 48.1 Å². The first kappa shape index (κ1) is 16.8. The van der Waals surface area contributed by atoms with Crippen molar-refractivity contribution >= 4 is 92.4 Å². The van der Waals surface area contributed by atoms with Crippen molar-refractivity contribution in [3.63, 3.8) is 0 Å². The van der Waals surface area contributed by atoms with Crippen LogP contribution in [0, 0.1) is 0 Å². The van der Waals surface area contributed by atoms with Crippen molar-refractivity contribution in [3.8, 4) is 0 Å². The monoisotopic (exact) mass is 448 g/mol. The molecule has 0 amide bonds. The Morgan fingerprint density at radius 3 is 1.81 bits per heavy atom. The number of fused-ring (bicyclic) bond motifs is 7. The maximum Gasteiger partial charge on any atom is 0.0976 e. The van der Waals surface area contributed by atoms with Gasteiger partial charge in [0.1, 0.15) is 0 Å². The number of pyridine rings is 2. The topological polar surface area (TPSA) is 25.8 Å². The number of aromatic nitrogens is 2. The van der Waals surface area contributed by atoms with Crippen LogP contribution in [-0.4, -0.2) is 30.6 Å². The fourth-order valence-electron chi connectivity index (χ4n) is 3.29. The number of nitrogens with zero attached hydrogens (tertiary/aromatic N) is 2. The van der Waals surface area contributed by atoms with Gasteiger partial charge in [0.25, 0.3) is 0 Å². The molecule has 8 heteroatoms. The summed E-state index contributed by atoms with van der Waals surface area (Å²) in [5.74, 6) is 2.57. The summed E-state index contributed by atoms with van der Waals surface area (Å²) in [4.78, 5) is 12.0. The third-order valence-electron chi connectivity index (χ3n) is 4.41. The summed E-state index contributed by atoms with van der Waals surface area (Å²) in [5.41, 5.74) is 2.04. The van der Waals surface area contributed by atoms with Gasteiger partial charge in [-0.1, -0.05) is 35.7 Å². The average molecular weight is 449 g/mol. The first-order chi connectivity index (χ1) is 12.9. The van der Waals surface area contributed by atoms with Gasteiger partial charge in [0.2, 0.25) is 0 Å². The van der Waals surface area contributed by atoms with Gasteiger partial charge in [0.05, 0.1) is 28.7 Å². The molecule has 2 saturated heterocycles. The lowest BCUT2D eigenvalue weighted by atomic mass is 10.1. The van der Waals surface area contributed by atoms with Crippen molar-refractivity contribution in [2.75, 3.05) is 11.5 Å². The SMILES string of the molecule is c1cnc2c(c1)c1c(c3cccnc32)SC(=C2SC3SCCSC3S2)S1. The van der Waals surface area contributed by atoms with Gasteiger partial charge in [0.15, 0.2) is 0 Å². The highest BCUT2D eigenvalue weighted by Crippen LogP contribution is 2.65. The normalized spacial score (nSPS) is 25.1. The van der Waals surface area contributed by atoms with Crippen LogP contribution in [0.3, 0.4) is 0 Å². The van der Waals surface area contributed by atoms with Crippen LogP contribution < -0.4 is 0 Å². The number of rotatable bonds is 0. The second kappa shape index (κ2) is 6.74. The fourth-order valence-corrected chi connectivity index (χ4v) is 13.7. The molecule has 0 N–H and O–H groups in total. The van der Waals surface area contributed by atoms with E-state index >= 15 is 0 Å². The van der Waals surface area contributed by atoms with Crippen molar-refractivity contribution in [3.05, 3.63) is 45.1 Å². The summed E-state index contributed by atoms with van der Waals surface area (Å²) in [7, 11) is 0. The minimum Gasteiger partial charge on any atom is -0.254 e. The lowest BCUT2D eigenvalue weighted by Gasteiger charge is -2.21. The Morgan fingerprint density at radius 1 is 0.731 bits per heavy atom. The molecule has 2 aromatic heterocycles. The maximum absolute atomic E-state index is 4.65. The van der Waals surface area contributed by atoms with E-state index in [1.54, 1.807) is 0 Å². The molecule has 26 heavy (non-hydrogen) atoms. The minimum atomic E-state index is 0.711. The molecular weight excluding hydrogens is 437 g/mol. The zero-order valence-corrected chi connectivity index (χ0v) is 18.3. The highest BCUT2D eigenvalue weighted by Gasteiger charge is 2.38. The molecule has 0 saturated carbocycles. The number of benzene rings is 1. The average Bonchev–Trinajstić information content (AvgIpc) is 3.33. The van der Waals surface area contributed by atoms with E-state index in [1.165, 1.54) is 40.5 Å². The molecule has 130 valence electrons. The van der Waals surface area contributed by atoms with Crippen molar-refractivity contribution < 1.29 is 0 Å². The molecular formula is C18H12N2S6. The summed E-state index contributed by atoms with van der Waals surface area (Å²) in [6.45, 7) is 0. The molecule has 3 aliphatic rings. The van der Waals surface area contributed by atoms with Crippen LogP contribution in [0.1, 0.15) is 0 Å². The Kier molecular flexibility index (Phi) is 4.36. The Balaban J connectivity index is 1.51. The highest BCUT2D eigenvalue weighted by atomic mass is 32.3. The molecule has 2 atom stereocenters. The molecule has 2 unspecified atom stereocenters. The molecule has 3 aliphatic heterocycles. The molecule has 5 heterocycles. The molecule has 2 fully saturated rings. The van der Waals surface area contributed by atoms with Gasteiger partial charge in [-0.25, -0.2) is 0 Å². The Labute approximate surface area is 176 Å². The van der Waals surface area contributed by atoms with Crippen molar-refractivity contribution in [1.82, 2.24) is 9.97 Å². The zero-order valence-electron chi connectivity index (χ0n) is 13.4. The smallest absolute Gasteiger partial charge is 0.0976 e. The maximum atomic E-state index is 4.65. The van der Waals surface area contributed by atoms with Gasteiger partial charge in [-0.15, -0.1) is 47.0 Å².